The molecule has 0 saturated carbocycles. The quantitative estimate of drug-likeness (QED) is 0.496. The Hall–Kier alpha value is -0.520. The maximum absolute atomic E-state index is 5.98. The largest absolute Gasteiger partial charge is 0.354 e. The minimum atomic E-state index is 0.486. The summed E-state index contributed by atoms with van der Waals surface area (Å²) in [5.41, 5.74) is 0. The van der Waals surface area contributed by atoms with E-state index in [4.69, 9.17) is 11.6 Å². The Labute approximate surface area is 105 Å². The lowest BCUT2D eigenvalue weighted by Crippen LogP contribution is -2.49. The average molecular weight is 259 g/mol. The number of halogens is 1. The van der Waals surface area contributed by atoms with Gasteiger partial charge in [-0.2, -0.15) is 0 Å². The molecule has 0 amide bonds. The van der Waals surface area contributed by atoms with Crippen molar-refractivity contribution < 1.29 is 0 Å². The predicted octanol–water partition coefficient (Wildman–Crippen LogP) is 1.65. The van der Waals surface area contributed by atoms with Crippen molar-refractivity contribution in [1.82, 2.24) is 15.3 Å². The Morgan fingerprint density at radius 1 is 1.56 bits per heavy atom. The second kappa shape index (κ2) is 5.21. The third-order valence-corrected chi connectivity index (χ3v) is 3.28. The van der Waals surface area contributed by atoms with Crippen LogP contribution >= 0.6 is 23.4 Å². The zero-order valence-corrected chi connectivity index (χ0v) is 11.0. The molecule has 0 unspecified atom stereocenters. The molecule has 0 aliphatic carbocycles. The van der Waals surface area contributed by atoms with Crippen molar-refractivity contribution in [3.05, 3.63) is 11.2 Å². The highest BCUT2D eigenvalue weighted by Gasteiger charge is 2.17. The smallest absolute Gasteiger partial charge is 0.190 e. The lowest BCUT2D eigenvalue weighted by atomic mass is 10.2. The van der Waals surface area contributed by atoms with E-state index in [0.29, 0.717) is 11.2 Å². The normalized spacial score (nSPS) is 21.2. The van der Waals surface area contributed by atoms with E-state index in [1.807, 2.05) is 12.3 Å². The fourth-order valence-electron chi connectivity index (χ4n) is 1.78. The zero-order chi connectivity index (χ0) is 11.5. The number of nitrogens with one attached hydrogen (secondary N) is 1. The highest BCUT2D eigenvalue weighted by atomic mass is 35.5. The van der Waals surface area contributed by atoms with Crippen LogP contribution in [0.25, 0.3) is 0 Å². The molecule has 1 aromatic rings. The molecule has 2 heterocycles. The van der Waals surface area contributed by atoms with Crippen LogP contribution in [-0.2, 0) is 0 Å². The summed E-state index contributed by atoms with van der Waals surface area (Å²) in [5.74, 6) is 0.928. The molecule has 1 aliphatic rings. The van der Waals surface area contributed by atoms with Crippen LogP contribution in [0.1, 0.15) is 6.92 Å². The molecule has 1 aromatic heterocycles. The maximum Gasteiger partial charge on any atom is 0.190 e. The average Bonchev–Trinajstić information content (AvgIpc) is 2.28. The van der Waals surface area contributed by atoms with E-state index >= 15 is 0 Å². The molecule has 2 rings (SSSR count). The van der Waals surface area contributed by atoms with Crippen molar-refractivity contribution >= 4 is 29.2 Å². The van der Waals surface area contributed by atoms with Crippen molar-refractivity contribution in [2.75, 3.05) is 30.8 Å². The Morgan fingerprint density at radius 2 is 2.38 bits per heavy atom. The summed E-state index contributed by atoms with van der Waals surface area (Å²) >= 11 is 7.49. The third-order valence-electron chi connectivity index (χ3n) is 2.54. The number of nitrogens with zero attached hydrogens (tertiary/aromatic N) is 3. The van der Waals surface area contributed by atoms with Gasteiger partial charge >= 0.3 is 0 Å². The summed E-state index contributed by atoms with van der Waals surface area (Å²) < 4.78 is 0. The van der Waals surface area contributed by atoms with Gasteiger partial charge in [-0.1, -0.05) is 23.4 Å². The molecule has 1 N–H and O–H groups in total. The summed E-state index contributed by atoms with van der Waals surface area (Å²) in [5, 5.41) is 4.65. The van der Waals surface area contributed by atoms with Crippen LogP contribution in [0.5, 0.6) is 0 Å². The van der Waals surface area contributed by atoms with Crippen molar-refractivity contribution in [1.29, 1.82) is 0 Å². The second-order valence-electron chi connectivity index (χ2n) is 3.84. The standard InChI is InChI=1S/C10H15ClN4S/c1-7-6-15(4-3-12-7)9-5-8(11)13-10(14-9)16-2/h5,7,12H,3-4,6H2,1-2H3/t7-/m0/s1. The van der Waals surface area contributed by atoms with Crippen LogP contribution in [0.3, 0.4) is 0 Å². The maximum atomic E-state index is 5.98. The molecule has 0 spiro atoms. The molecule has 0 bridgehead atoms. The molecule has 0 aromatic carbocycles. The number of piperazine rings is 1. The van der Waals surface area contributed by atoms with Gasteiger partial charge in [-0.15, -0.1) is 0 Å². The summed E-state index contributed by atoms with van der Waals surface area (Å²) in [4.78, 5) is 10.9. The van der Waals surface area contributed by atoms with Gasteiger partial charge in [-0.25, -0.2) is 9.97 Å². The first-order chi connectivity index (χ1) is 7.69. The van der Waals surface area contributed by atoms with Crippen LogP contribution < -0.4 is 10.2 Å². The van der Waals surface area contributed by atoms with Gasteiger partial charge < -0.3 is 10.2 Å². The summed E-state index contributed by atoms with van der Waals surface area (Å²) in [6.45, 7) is 5.08. The van der Waals surface area contributed by atoms with Gasteiger partial charge in [-0.05, 0) is 13.2 Å². The fourth-order valence-corrected chi connectivity index (χ4v) is 2.38. The van der Waals surface area contributed by atoms with Crippen LogP contribution in [0.15, 0.2) is 11.2 Å². The first-order valence-corrected chi connectivity index (χ1v) is 6.86. The fraction of sp³-hybridized carbons (Fsp3) is 0.600. The monoisotopic (exact) mass is 258 g/mol. The van der Waals surface area contributed by atoms with Crippen molar-refractivity contribution in [3.8, 4) is 0 Å². The van der Waals surface area contributed by atoms with E-state index in [1.165, 1.54) is 11.8 Å². The number of hydrogen-bond donors (Lipinski definition) is 1. The Bertz CT molecular complexity index is 374. The number of hydrogen-bond acceptors (Lipinski definition) is 5. The van der Waals surface area contributed by atoms with Gasteiger partial charge in [-0.3, -0.25) is 0 Å². The number of aromatic nitrogens is 2. The van der Waals surface area contributed by atoms with Crippen LogP contribution in [0.4, 0.5) is 5.82 Å². The minimum absolute atomic E-state index is 0.486. The lowest BCUT2D eigenvalue weighted by molar-refractivity contribution is 0.481. The highest BCUT2D eigenvalue weighted by Crippen LogP contribution is 2.21. The Kier molecular flexibility index (Phi) is 3.89. The zero-order valence-electron chi connectivity index (χ0n) is 9.40. The molecule has 88 valence electrons. The van der Waals surface area contributed by atoms with E-state index in [9.17, 15) is 0 Å². The van der Waals surface area contributed by atoms with E-state index in [2.05, 4.69) is 27.1 Å². The summed E-state index contributed by atoms with van der Waals surface area (Å²) in [7, 11) is 0. The van der Waals surface area contributed by atoms with Crippen LogP contribution in [-0.4, -0.2) is 41.9 Å². The molecule has 1 saturated heterocycles. The van der Waals surface area contributed by atoms with E-state index in [-0.39, 0.29) is 0 Å². The van der Waals surface area contributed by atoms with Gasteiger partial charge in [0.15, 0.2) is 5.16 Å². The molecular formula is C10H15ClN4S. The first kappa shape index (κ1) is 12.0. The molecular weight excluding hydrogens is 244 g/mol. The summed E-state index contributed by atoms with van der Waals surface area (Å²) in [6.07, 6.45) is 1.95. The van der Waals surface area contributed by atoms with E-state index in [0.717, 1.165) is 30.6 Å². The van der Waals surface area contributed by atoms with Crippen LogP contribution in [0, 0.1) is 0 Å². The van der Waals surface area contributed by atoms with Crippen molar-refractivity contribution in [2.24, 2.45) is 0 Å². The van der Waals surface area contributed by atoms with Gasteiger partial charge in [0.25, 0.3) is 0 Å². The van der Waals surface area contributed by atoms with Crippen LogP contribution in [0.2, 0.25) is 5.15 Å². The third kappa shape index (κ3) is 2.78. The number of thioether (sulfide) groups is 1. The minimum Gasteiger partial charge on any atom is -0.354 e. The predicted molar refractivity (Wildman–Crippen MR) is 68.5 cm³/mol. The van der Waals surface area contributed by atoms with Crippen molar-refractivity contribution in [2.45, 2.75) is 18.1 Å². The molecule has 0 radical (unpaired) electrons. The topological polar surface area (TPSA) is 41.1 Å². The molecule has 1 atom stereocenters. The lowest BCUT2D eigenvalue weighted by Gasteiger charge is -2.32. The summed E-state index contributed by atoms with van der Waals surface area (Å²) in [6, 6.07) is 2.32. The van der Waals surface area contributed by atoms with Gasteiger partial charge in [0, 0.05) is 31.7 Å². The Balaban J connectivity index is 2.21. The molecule has 6 heteroatoms. The number of anilines is 1. The second-order valence-corrected chi connectivity index (χ2v) is 5.00. The van der Waals surface area contributed by atoms with Gasteiger partial charge in [0.2, 0.25) is 0 Å². The molecule has 16 heavy (non-hydrogen) atoms. The first-order valence-electron chi connectivity index (χ1n) is 5.26. The number of rotatable bonds is 2. The van der Waals surface area contributed by atoms with Gasteiger partial charge in [0.1, 0.15) is 11.0 Å². The SMILES string of the molecule is CSc1nc(Cl)cc(N2CCN[C@@H](C)C2)n1. The molecule has 1 fully saturated rings. The molecule has 1 aliphatic heterocycles. The Morgan fingerprint density at radius 3 is 3.06 bits per heavy atom. The van der Waals surface area contributed by atoms with Gasteiger partial charge in [0.05, 0.1) is 0 Å². The molecule has 4 nitrogen and oxygen atoms in total. The van der Waals surface area contributed by atoms with E-state index in [1.54, 1.807) is 0 Å². The van der Waals surface area contributed by atoms with Crippen molar-refractivity contribution in [3.63, 3.8) is 0 Å². The highest BCUT2D eigenvalue weighted by molar-refractivity contribution is 7.98. The van der Waals surface area contributed by atoms with E-state index < -0.39 is 0 Å².